The van der Waals surface area contributed by atoms with Crippen LogP contribution in [0.1, 0.15) is 27.8 Å². The van der Waals surface area contributed by atoms with E-state index in [1.54, 1.807) is 0 Å². The normalized spacial score (nSPS) is 13.7. The molecule has 0 bridgehead atoms. The van der Waals surface area contributed by atoms with Crippen molar-refractivity contribution >= 4 is 16.7 Å². The Labute approximate surface area is 259 Å². The van der Waals surface area contributed by atoms with Crippen molar-refractivity contribution in [1.82, 2.24) is 0 Å². The van der Waals surface area contributed by atoms with E-state index in [9.17, 15) is 0 Å². The first-order chi connectivity index (χ1) is 17.8. The Bertz CT molecular complexity index is 1510. The van der Waals surface area contributed by atoms with Crippen LogP contribution in [-0.2, 0) is 22.8 Å². The maximum absolute atomic E-state index is 2.97. The number of hydrogen-bond donors (Lipinski definition) is 0. The predicted octanol–water partition coefficient (Wildman–Crippen LogP) is -0.433. The summed E-state index contributed by atoms with van der Waals surface area (Å²) in [5, 5.41) is 0. The molecule has 6 rings (SSSR count). The third-order valence-electron chi connectivity index (χ3n) is 7.07. The minimum atomic E-state index is -0.458. The topological polar surface area (TPSA) is 0 Å². The molecule has 0 saturated carbocycles. The minimum absolute atomic E-state index is 0. The van der Waals surface area contributed by atoms with Gasteiger partial charge in [-0.2, -0.15) is 0 Å². The van der Waals surface area contributed by atoms with Crippen LogP contribution in [0.25, 0.3) is 16.7 Å². The molecule has 0 radical (unpaired) electrons. The van der Waals surface area contributed by atoms with Gasteiger partial charge in [-0.15, -0.1) is 0 Å². The molecule has 1 aliphatic rings. The van der Waals surface area contributed by atoms with E-state index in [0.717, 1.165) is 0 Å². The van der Waals surface area contributed by atoms with Crippen LogP contribution >= 0.6 is 0 Å². The fraction of sp³-hybridized carbons (Fsp3) is 0.0286. The van der Waals surface area contributed by atoms with Crippen molar-refractivity contribution in [3.05, 3.63) is 184 Å². The number of halogens is 3. The molecule has 0 spiro atoms. The molecule has 0 unspecified atom stereocenters. The predicted molar refractivity (Wildman–Crippen MR) is 147 cm³/mol. The summed E-state index contributed by atoms with van der Waals surface area (Å²) in [7, 11) is 0. The average Bonchev–Trinajstić information content (AvgIpc) is 3.25. The Morgan fingerprint density at radius 1 is 0.359 bits per heavy atom. The molecule has 39 heavy (non-hydrogen) atoms. The molecule has 191 valence electrons. The van der Waals surface area contributed by atoms with Gasteiger partial charge in [-0.3, -0.25) is 0 Å². The molecule has 5 aromatic carbocycles. The fourth-order valence-corrected chi connectivity index (χ4v) is 6.54. The second-order valence-corrected chi connectivity index (χ2v) is 9.75. The van der Waals surface area contributed by atoms with E-state index in [0.29, 0.717) is 0 Å². The van der Waals surface area contributed by atoms with E-state index in [-0.39, 0.29) is 37.2 Å². The summed E-state index contributed by atoms with van der Waals surface area (Å²) >= 11 is 2.97. The van der Waals surface area contributed by atoms with Gasteiger partial charge in [-0.05, 0) is 0 Å². The molecular formula is C35H25Cl3V. The second-order valence-electron chi connectivity index (χ2n) is 9.05. The van der Waals surface area contributed by atoms with Crippen LogP contribution in [0.3, 0.4) is 0 Å². The summed E-state index contributed by atoms with van der Waals surface area (Å²) in [6.45, 7) is 0. The van der Waals surface area contributed by atoms with Crippen LogP contribution in [-0.4, -0.2) is 0 Å². The molecule has 0 aromatic heterocycles. The van der Waals surface area contributed by atoms with Crippen LogP contribution in [0.2, 0.25) is 0 Å². The number of rotatable bonds is 5. The zero-order valence-corrected chi connectivity index (χ0v) is 24.7. The van der Waals surface area contributed by atoms with Gasteiger partial charge in [-0.25, -0.2) is 0 Å². The molecule has 0 nitrogen and oxygen atoms in total. The van der Waals surface area contributed by atoms with Crippen molar-refractivity contribution in [2.24, 2.45) is 0 Å². The Morgan fingerprint density at radius 2 is 0.667 bits per heavy atom. The Balaban J connectivity index is 0.00000140. The van der Waals surface area contributed by atoms with E-state index in [4.69, 9.17) is 0 Å². The molecule has 0 aliphatic heterocycles. The first-order valence-electron chi connectivity index (χ1n) is 12.3. The average molecular weight is 603 g/mol. The first-order valence-corrected chi connectivity index (χ1v) is 13.0. The summed E-state index contributed by atoms with van der Waals surface area (Å²) in [4.78, 5) is 0. The van der Waals surface area contributed by atoms with Crippen molar-refractivity contribution in [2.75, 3.05) is 0 Å². The molecule has 4 heteroatoms. The van der Waals surface area contributed by atoms with E-state index in [1.807, 2.05) is 0 Å². The van der Waals surface area contributed by atoms with Gasteiger partial charge in [-0.1, -0.05) is 0 Å². The van der Waals surface area contributed by atoms with Crippen LogP contribution in [0.5, 0.6) is 0 Å². The molecule has 5 aromatic rings. The third-order valence-corrected chi connectivity index (χ3v) is 7.94. The van der Waals surface area contributed by atoms with E-state index >= 15 is 0 Å². The summed E-state index contributed by atoms with van der Waals surface area (Å²) < 4.78 is 1.29. The van der Waals surface area contributed by atoms with Crippen LogP contribution in [0.4, 0.5) is 0 Å². The van der Waals surface area contributed by atoms with Gasteiger partial charge in [0.05, 0.1) is 0 Å². The van der Waals surface area contributed by atoms with Crippen molar-refractivity contribution in [3.63, 3.8) is 0 Å². The van der Waals surface area contributed by atoms with Crippen LogP contribution in [0.15, 0.2) is 156 Å². The molecule has 0 fully saturated rings. The summed E-state index contributed by atoms with van der Waals surface area (Å²) in [5.41, 5.74) is 9.67. The molecule has 0 atom stereocenters. The molecule has 1 aliphatic carbocycles. The standard InChI is InChI=1S/C35H25.3ClH.V/c1-6-16-27(17-7-1)32-26-35(30-22-12-4-13-23-30,31-24-14-5-15-25-31)34(29-20-10-3-11-21-29)33(32)28-18-8-2-9-19-28;;;;/h1-25H;3*1H;/q;;;;+3/p-3. The van der Waals surface area contributed by atoms with Gasteiger partial charge in [0.25, 0.3) is 0 Å². The van der Waals surface area contributed by atoms with Gasteiger partial charge in [0.2, 0.25) is 0 Å². The molecule has 0 amide bonds. The zero-order chi connectivity index (χ0) is 24.4. The number of hydrogen-bond acceptors (Lipinski definition) is 0. The van der Waals surface area contributed by atoms with Crippen molar-refractivity contribution in [3.8, 4) is 0 Å². The Morgan fingerprint density at radius 3 is 1.05 bits per heavy atom. The van der Waals surface area contributed by atoms with E-state index in [1.165, 1.54) is 48.8 Å². The van der Waals surface area contributed by atoms with Crippen molar-refractivity contribution in [2.45, 2.75) is 5.41 Å². The van der Waals surface area contributed by atoms with Gasteiger partial charge in [0, 0.05) is 0 Å². The van der Waals surface area contributed by atoms with Crippen LogP contribution < -0.4 is 37.2 Å². The molecular weight excluding hydrogens is 578 g/mol. The Kier molecular flexibility index (Phi) is 10.5. The zero-order valence-electron chi connectivity index (χ0n) is 21.0. The number of allylic oxidation sites excluding steroid dienone is 4. The monoisotopic (exact) mass is 601 g/mol. The molecule has 0 N–H and O–H groups in total. The van der Waals surface area contributed by atoms with Crippen molar-refractivity contribution < 1.29 is 54.6 Å². The first kappa shape index (κ1) is 30.6. The van der Waals surface area contributed by atoms with Gasteiger partial charge < -0.3 is 37.2 Å². The van der Waals surface area contributed by atoms with Gasteiger partial charge in [0.15, 0.2) is 0 Å². The summed E-state index contributed by atoms with van der Waals surface area (Å²) in [6, 6.07) is 54.6. The molecule has 0 saturated heterocycles. The van der Waals surface area contributed by atoms with Gasteiger partial charge >= 0.3 is 223 Å². The fourth-order valence-electron chi connectivity index (χ4n) is 5.59. The third kappa shape index (κ3) is 5.29. The summed E-state index contributed by atoms with van der Waals surface area (Å²) in [6.07, 6.45) is 0. The molecule has 0 heterocycles. The maximum atomic E-state index is 2.97. The van der Waals surface area contributed by atoms with E-state index < -0.39 is 5.41 Å². The van der Waals surface area contributed by atoms with Crippen LogP contribution in [0, 0.1) is 0 Å². The number of benzene rings is 5. The van der Waals surface area contributed by atoms with Gasteiger partial charge in [0.1, 0.15) is 0 Å². The van der Waals surface area contributed by atoms with Crippen molar-refractivity contribution in [1.29, 1.82) is 0 Å². The summed E-state index contributed by atoms with van der Waals surface area (Å²) in [5.74, 6) is 0. The quantitative estimate of drug-likeness (QED) is 0.256. The SMILES string of the molecule is [Cl-].[Cl-].[Cl-].[V+3][C]1=C(c2ccccc2)C(c2ccccc2)=C(c2ccccc2)C1(c1ccccc1)c1ccccc1. The second kappa shape index (κ2) is 13.4. The Hall–Kier alpha value is -2.97. The van der Waals surface area contributed by atoms with E-state index in [2.05, 4.69) is 169 Å².